The standard InChI is InChI=1S/C20H26N6O3S/c1-7-8-26-14-13(16(28)23-19(26)29)11(9-12(21-14)10(2)3)15(27)22-18-25-24-17(30-18)20(4,5)6/h9-10H,7-8H2,1-6H3,(H,22,25,27)(H,23,28,29). The van der Waals surface area contributed by atoms with E-state index in [0.717, 1.165) is 5.01 Å². The highest BCUT2D eigenvalue weighted by atomic mass is 32.1. The van der Waals surface area contributed by atoms with E-state index in [-0.39, 0.29) is 27.9 Å². The molecule has 9 nitrogen and oxygen atoms in total. The molecular weight excluding hydrogens is 404 g/mol. The molecule has 0 bridgehead atoms. The Balaban J connectivity index is 2.17. The van der Waals surface area contributed by atoms with Crippen molar-refractivity contribution < 1.29 is 4.79 Å². The lowest BCUT2D eigenvalue weighted by atomic mass is 9.98. The quantitative estimate of drug-likeness (QED) is 0.641. The summed E-state index contributed by atoms with van der Waals surface area (Å²) in [5, 5.41) is 12.1. The van der Waals surface area contributed by atoms with Crippen molar-refractivity contribution in [1.82, 2.24) is 24.7 Å². The number of carbonyl (C=O) groups is 1. The van der Waals surface area contributed by atoms with Crippen LogP contribution in [0.3, 0.4) is 0 Å². The number of aromatic amines is 1. The Morgan fingerprint density at radius 1 is 1.27 bits per heavy atom. The van der Waals surface area contributed by atoms with Gasteiger partial charge in [-0.15, -0.1) is 10.2 Å². The first kappa shape index (κ1) is 21.8. The number of aryl methyl sites for hydroxylation is 1. The molecule has 0 spiro atoms. The van der Waals surface area contributed by atoms with Crippen molar-refractivity contribution in [1.29, 1.82) is 0 Å². The Hall–Kier alpha value is -2.88. The van der Waals surface area contributed by atoms with Crippen LogP contribution in [0.25, 0.3) is 11.0 Å². The molecule has 0 saturated heterocycles. The Morgan fingerprint density at radius 2 is 1.97 bits per heavy atom. The fourth-order valence-electron chi connectivity index (χ4n) is 2.94. The number of anilines is 1. The van der Waals surface area contributed by atoms with Crippen molar-refractivity contribution in [3.63, 3.8) is 0 Å². The summed E-state index contributed by atoms with van der Waals surface area (Å²) in [4.78, 5) is 45.0. The van der Waals surface area contributed by atoms with Gasteiger partial charge in [-0.1, -0.05) is 52.9 Å². The summed E-state index contributed by atoms with van der Waals surface area (Å²) in [5.41, 5.74) is -0.370. The Labute approximate surface area is 177 Å². The van der Waals surface area contributed by atoms with Crippen molar-refractivity contribution in [2.24, 2.45) is 0 Å². The molecule has 3 heterocycles. The summed E-state index contributed by atoms with van der Waals surface area (Å²) in [5.74, 6) is -0.493. The van der Waals surface area contributed by atoms with Gasteiger partial charge in [-0.3, -0.25) is 24.5 Å². The van der Waals surface area contributed by atoms with Gasteiger partial charge in [-0.05, 0) is 18.4 Å². The lowest BCUT2D eigenvalue weighted by Crippen LogP contribution is -2.32. The van der Waals surface area contributed by atoms with E-state index in [1.54, 1.807) is 6.07 Å². The first-order chi connectivity index (χ1) is 14.0. The maximum Gasteiger partial charge on any atom is 0.329 e. The van der Waals surface area contributed by atoms with Crippen LogP contribution in [-0.4, -0.2) is 30.6 Å². The molecule has 0 saturated carbocycles. The van der Waals surface area contributed by atoms with E-state index >= 15 is 0 Å². The van der Waals surface area contributed by atoms with Crippen LogP contribution < -0.4 is 16.6 Å². The molecule has 0 radical (unpaired) electrons. The Bertz CT molecular complexity index is 1220. The van der Waals surface area contributed by atoms with Crippen LogP contribution in [0.4, 0.5) is 5.13 Å². The molecule has 0 atom stereocenters. The number of amides is 1. The first-order valence-electron chi connectivity index (χ1n) is 9.86. The number of hydrogen-bond donors (Lipinski definition) is 2. The molecular formula is C20H26N6O3S. The maximum atomic E-state index is 13.1. The van der Waals surface area contributed by atoms with Gasteiger partial charge < -0.3 is 0 Å². The number of aromatic nitrogens is 5. The van der Waals surface area contributed by atoms with Crippen LogP contribution in [0.1, 0.15) is 74.9 Å². The average Bonchev–Trinajstić information content (AvgIpc) is 3.12. The Kier molecular flexibility index (Phi) is 5.89. The fraction of sp³-hybridized carbons (Fsp3) is 0.500. The van der Waals surface area contributed by atoms with Crippen molar-refractivity contribution >= 4 is 33.4 Å². The van der Waals surface area contributed by atoms with Gasteiger partial charge in [0.1, 0.15) is 5.01 Å². The predicted molar refractivity (Wildman–Crippen MR) is 118 cm³/mol. The molecule has 1 amide bonds. The molecule has 30 heavy (non-hydrogen) atoms. The van der Waals surface area contributed by atoms with E-state index in [1.807, 2.05) is 41.5 Å². The van der Waals surface area contributed by atoms with E-state index in [2.05, 4.69) is 25.5 Å². The molecule has 2 N–H and O–H groups in total. The summed E-state index contributed by atoms with van der Waals surface area (Å²) in [6.45, 7) is 12.2. The summed E-state index contributed by atoms with van der Waals surface area (Å²) in [7, 11) is 0. The summed E-state index contributed by atoms with van der Waals surface area (Å²) < 4.78 is 1.40. The molecule has 10 heteroatoms. The summed E-state index contributed by atoms with van der Waals surface area (Å²) in [6, 6.07) is 1.60. The van der Waals surface area contributed by atoms with Crippen LogP contribution >= 0.6 is 11.3 Å². The SMILES string of the molecule is CCCn1c(=O)[nH]c(=O)c2c(C(=O)Nc3nnc(C(C)(C)C)s3)cc(C(C)C)nc21. The summed E-state index contributed by atoms with van der Waals surface area (Å²) in [6.07, 6.45) is 0.677. The third kappa shape index (κ3) is 4.18. The topological polar surface area (TPSA) is 123 Å². The zero-order chi connectivity index (χ0) is 22.2. The van der Waals surface area contributed by atoms with E-state index in [4.69, 9.17) is 0 Å². The molecule has 0 fully saturated rings. The largest absolute Gasteiger partial charge is 0.329 e. The van der Waals surface area contributed by atoms with Crippen molar-refractivity contribution in [2.75, 3.05) is 5.32 Å². The Morgan fingerprint density at radius 3 is 2.53 bits per heavy atom. The summed E-state index contributed by atoms with van der Waals surface area (Å²) >= 11 is 1.29. The van der Waals surface area contributed by atoms with E-state index in [0.29, 0.717) is 23.8 Å². The second-order valence-electron chi connectivity index (χ2n) is 8.48. The highest BCUT2D eigenvalue weighted by Crippen LogP contribution is 2.28. The average molecular weight is 431 g/mol. The molecule has 0 unspecified atom stereocenters. The molecule has 3 aromatic heterocycles. The van der Waals surface area contributed by atoms with Gasteiger partial charge in [0.2, 0.25) is 5.13 Å². The van der Waals surface area contributed by atoms with Crippen molar-refractivity contribution in [3.8, 4) is 0 Å². The van der Waals surface area contributed by atoms with Gasteiger partial charge in [0.05, 0.1) is 10.9 Å². The second kappa shape index (κ2) is 8.10. The molecule has 160 valence electrons. The number of H-pyrrole nitrogens is 1. The van der Waals surface area contributed by atoms with Gasteiger partial charge in [0.25, 0.3) is 11.5 Å². The smallest absolute Gasteiger partial charge is 0.296 e. The molecule has 3 rings (SSSR count). The fourth-order valence-corrected chi connectivity index (χ4v) is 3.74. The minimum atomic E-state index is -0.636. The minimum absolute atomic E-state index is 0.000519. The second-order valence-corrected chi connectivity index (χ2v) is 9.45. The van der Waals surface area contributed by atoms with Crippen LogP contribution in [0.15, 0.2) is 15.7 Å². The monoisotopic (exact) mass is 430 g/mol. The third-order valence-corrected chi connectivity index (χ3v) is 5.80. The van der Waals surface area contributed by atoms with Crippen LogP contribution in [0, 0.1) is 0 Å². The molecule has 3 aromatic rings. The highest BCUT2D eigenvalue weighted by Gasteiger charge is 2.23. The number of pyridine rings is 1. The number of nitrogens with one attached hydrogen (secondary N) is 2. The minimum Gasteiger partial charge on any atom is -0.296 e. The number of hydrogen-bond acceptors (Lipinski definition) is 7. The molecule has 0 aliphatic rings. The maximum absolute atomic E-state index is 13.1. The predicted octanol–water partition coefficient (Wildman–Crippen LogP) is 3.02. The zero-order valence-electron chi connectivity index (χ0n) is 18.0. The zero-order valence-corrected chi connectivity index (χ0v) is 18.8. The number of carbonyl (C=O) groups excluding carboxylic acids is 1. The van der Waals surface area contributed by atoms with Crippen molar-refractivity contribution in [2.45, 2.75) is 65.8 Å². The van der Waals surface area contributed by atoms with Gasteiger partial charge in [-0.25, -0.2) is 9.78 Å². The van der Waals surface area contributed by atoms with Crippen molar-refractivity contribution in [3.05, 3.63) is 43.2 Å². The van der Waals surface area contributed by atoms with E-state index in [1.165, 1.54) is 15.9 Å². The van der Waals surface area contributed by atoms with Gasteiger partial charge in [0, 0.05) is 17.7 Å². The van der Waals surface area contributed by atoms with E-state index in [9.17, 15) is 14.4 Å². The normalized spacial score (nSPS) is 12.0. The van der Waals surface area contributed by atoms with Gasteiger partial charge in [0.15, 0.2) is 5.65 Å². The molecule has 0 aliphatic heterocycles. The third-order valence-electron chi connectivity index (χ3n) is 4.54. The van der Waals surface area contributed by atoms with Gasteiger partial charge >= 0.3 is 5.69 Å². The molecule has 0 aromatic carbocycles. The van der Waals surface area contributed by atoms with Crippen LogP contribution in [-0.2, 0) is 12.0 Å². The number of fused-ring (bicyclic) bond motifs is 1. The van der Waals surface area contributed by atoms with Crippen LogP contribution in [0.2, 0.25) is 0 Å². The van der Waals surface area contributed by atoms with Gasteiger partial charge in [-0.2, -0.15) is 0 Å². The van der Waals surface area contributed by atoms with Crippen LogP contribution in [0.5, 0.6) is 0 Å². The van der Waals surface area contributed by atoms with E-state index < -0.39 is 17.2 Å². The first-order valence-corrected chi connectivity index (χ1v) is 10.7. The lowest BCUT2D eigenvalue weighted by molar-refractivity contribution is 0.102. The number of nitrogens with zero attached hydrogens (tertiary/aromatic N) is 4. The lowest BCUT2D eigenvalue weighted by Gasteiger charge is -2.14. The number of rotatable bonds is 5. The highest BCUT2D eigenvalue weighted by molar-refractivity contribution is 7.15. The molecule has 0 aliphatic carbocycles.